The highest BCUT2D eigenvalue weighted by Crippen LogP contribution is 2.18. The lowest BCUT2D eigenvalue weighted by Crippen LogP contribution is -2.27. The normalized spacial score (nSPS) is 15.6. The zero-order valence-electron chi connectivity index (χ0n) is 9.96. The van der Waals surface area contributed by atoms with E-state index in [9.17, 15) is 9.59 Å². The number of carbonyl (C=O) groups excluding carboxylic acids is 1. The summed E-state index contributed by atoms with van der Waals surface area (Å²) in [5.41, 5.74) is 0. The van der Waals surface area contributed by atoms with Crippen LogP contribution in [0.2, 0.25) is 0 Å². The van der Waals surface area contributed by atoms with Gasteiger partial charge in [-0.05, 0) is 13.3 Å². The fourth-order valence-electron chi connectivity index (χ4n) is 1.97. The Balaban J connectivity index is 2.01. The molecule has 1 aliphatic rings. The molecule has 7 nitrogen and oxygen atoms in total. The first kappa shape index (κ1) is 12.3. The molecule has 96 valence electrons. The van der Waals surface area contributed by atoms with E-state index in [1.54, 1.807) is 6.92 Å². The van der Waals surface area contributed by atoms with Gasteiger partial charge in [-0.25, -0.2) is 4.79 Å². The number of carboxylic acid groups (broad SMARTS) is 1. The average Bonchev–Trinajstić information content (AvgIpc) is 2.87. The number of fused-ring (bicyclic) bond motifs is 1. The number of rotatable bonds is 4. The van der Waals surface area contributed by atoms with Gasteiger partial charge in [-0.15, -0.1) is 10.2 Å². The third-order valence-corrected chi connectivity index (χ3v) is 2.76. The first-order valence-corrected chi connectivity index (χ1v) is 5.71. The highest BCUT2D eigenvalue weighted by atomic mass is 16.4. The summed E-state index contributed by atoms with van der Waals surface area (Å²) in [7, 11) is 0. The van der Waals surface area contributed by atoms with Crippen molar-refractivity contribution in [3.63, 3.8) is 0 Å². The summed E-state index contributed by atoms with van der Waals surface area (Å²) in [6.07, 6.45) is 3.74. The first-order valence-electron chi connectivity index (χ1n) is 5.71. The molecule has 2 heterocycles. The Morgan fingerprint density at radius 3 is 2.94 bits per heavy atom. The van der Waals surface area contributed by atoms with Crippen molar-refractivity contribution < 1.29 is 14.7 Å². The van der Waals surface area contributed by atoms with Crippen molar-refractivity contribution in [2.75, 3.05) is 0 Å². The molecule has 1 amide bonds. The number of nitrogens with zero attached hydrogens (tertiary/aromatic N) is 3. The second-order valence-electron chi connectivity index (χ2n) is 4.13. The molecule has 2 rings (SSSR count). The third kappa shape index (κ3) is 2.55. The molecule has 1 unspecified atom stereocenters. The van der Waals surface area contributed by atoms with E-state index in [-0.39, 0.29) is 6.04 Å². The van der Waals surface area contributed by atoms with Gasteiger partial charge in [0.25, 0.3) is 0 Å². The predicted molar refractivity (Wildman–Crippen MR) is 61.7 cm³/mol. The Morgan fingerprint density at radius 2 is 2.22 bits per heavy atom. The van der Waals surface area contributed by atoms with Gasteiger partial charge in [-0.1, -0.05) is 0 Å². The summed E-state index contributed by atoms with van der Waals surface area (Å²) in [6.45, 7) is 2.66. The van der Waals surface area contributed by atoms with E-state index in [4.69, 9.17) is 5.11 Å². The van der Waals surface area contributed by atoms with Crippen LogP contribution in [0.3, 0.4) is 0 Å². The standard InChI is InChI=1S/C11H14N4O3/c1-7(12-9(16)4-5-10(17)18)11-14-13-8-3-2-6-15(8)11/h4-5,7H,2-3,6H2,1H3,(H,12,16)(H,17,18)/b5-4+. The maximum absolute atomic E-state index is 11.4. The first-order chi connectivity index (χ1) is 8.58. The van der Waals surface area contributed by atoms with Crippen molar-refractivity contribution in [1.29, 1.82) is 0 Å². The second kappa shape index (κ2) is 4.99. The van der Waals surface area contributed by atoms with Crippen LogP contribution in [0, 0.1) is 0 Å². The maximum atomic E-state index is 11.4. The van der Waals surface area contributed by atoms with Gasteiger partial charge in [0.1, 0.15) is 5.82 Å². The number of carboxylic acids is 1. The molecule has 0 saturated carbocycles. The minimum absolute atomic E-state index is 0.296. The highest BCUT2D eigenvalue weighted by molar-refractivity contribution is 5.93. The molecule has 0 saturated heterocycles. The smallest absolute Gasteiger partial charge is 0.328 e. The van der Waals surface area contributed by atoms with E-state index in [2.05, 4.69) is 15.5 Å². The Bertz CT molecular complexity index is 506. The van der Waals surface area contributed by atoms with Gasteiger partial charge in [0.05, 0.1) is 6.04 Å². The quantitative estimate of drug-likeness (QED) is 0.735. The summed E-state index contributed by atoms with van der Waals surface area (Å²) in [4.78, 5) is 21.7. The van der Waals surface area contributed by atoms with Crippen LogP contribution in [0.5, 0.6) is 0 Å². The minimum Gasteiger partial charge on any atom is -0.478 e. The molecule has 1 atom stereocenters. The molecule has 0 aromatic carbocycles. The zero-order chi connectivity index (χ0) is 13.1. The monoisotopic (exact) mass is 250 g/mol. The van der Waals surface area contributed by atoms with Crippen molar-refractivity contribution in [2.24, 2.45) is 0 Å². The van der Waals surface area contributed by atoms with Crippen LogP contribution in [-0.2, 0) is 22.6 Å². The number of carbonyl (C=O) groups is 2. The van der Waals surface area contributed by atoms with Gasteiger partial charge in [0.2, 0.25) is 5.91 Å². The van der Waals surface area contributed by atoms with Crippen LogP contribution >= 0.6 is 0 Å². The minimum atomic E-state index is -1.15. The number of aryl methyl sites for hydroxylation is 1. The lowest BCUT2D eigenvalue weighted by atomic mass is 10.3. The number of aromatic nitrogens is 3. The molecule has 0 fully saturated rings. The van der Waals surface area contributed by atoms with Gasteiger partial charge in [-0.3, -0.25) is 4.79 Å². The Kier molecular flexibility index (Phi) is 3.40. The van der Waals surface area contributed by atoms with Gasteiger partial charge < -0.3 is 15.0 Å². The van der Waals surface area contributed by atoms with E-state index in [1.807, 2.05) is 4.57 Å². The number of amides is 1. The molecule has 1 aliphatic heterocycles. The lowest BCUT2D eigenvalue weighted by Gasteiger charge is -2.12. The van der Waals surface area contributed by atoms with Crippen molar-refractivity contribution in [1.82, 2.24) is 20.1 Å². The van der Waals surface area contributed by atoms with E-state index in [0.717, 1.165) is 37.4 Å². The van der Waals surface area contributed by atoms with E-state index in [1.165, 1.54) is 0 Å². The molecule has 1 aromatic heterocycles. The maximum Gasteiger partial charge on any atom is 0.328 e. The van der Waals surface area contributed by atoms with E-state index >= 15 is 0 Å². The summed E-state index contributed by atoms with van der Waals surface area (Å²) < 4.78 is 1.99. The summed E-state index contributed by atoms with van der Waals surface area (Å²) in [5.74, 6) is 0.0353. The van der Waals surface area contributed by atoms with Crippen LogP contribution in [0.1, 0.15) is 31.0 Å². The third-order valence-electron chi connectivity index (χ3n) is 2.76. The van der Waals surface area contributed by atoms with Crippen molar-refractivity contribution in [3.8, 4) is 0 Å². The fraction of sp³-hybridized carbons (Fsp3) is 0.455. The van der Waals surface area contributed by atoms with Crippen molar-refractivity contribution >= 4 is 11.9 Å². The molecule has 2 N–H and O–H groups in total. The van der Waals surface area contributed by atoms with E-state index in [0.29, 0.717) is 5.82 Å². The number of hydrogen-bond acceptors (Lipinski definition) is 4. The largest absolute Gasteiger partial charge is 0.478 e. The average molecular weight is 250 g/mol. The number of nitrogens with one attached hydrogen (secondary N) is 1. The SMILES string of the molecule is CC(NC(=O)/C=C/C(=O)O)c1nnc2n1CCC2. The van der Waals surface area contributed by atoms with Gasteiger partial charge >= 0.3 is 5.97 Å². The van der Waals surface area contributed by atoms with Crippen LogP contribution in [-0.4, -0.2) is 31.7 Å². The Morgan fingerprint density at radius 1 is 1.44 bits per heavy atom. The lowest BCUT2D eigenvalue weighted by molar-refractivity contribution is -0.131. The second-order valence-corrected chi connectivity index (χ2v) is 4.13. The number of hydrogen-bond donors (Lipinski definition) is 2. The van der Waals surface area contributed by atoms with Crippen molar-refractivity contribution in [2.45, 2.75) is 32.4 Å². The van der Waals surface area contributed by atoms with Crippen molar-refractivity contribution in [3.05, 3.63) is 23.8 Å². The van der Waals surface area contributed by atoms with E-state index < -0.39 is 11.9 Å². The summed E-state index contributed by atoms with van der Waals surface area (Å²) in [5, 5.41) is 19.2. The molecule has 0 bridgehead atoms. The molecular formula is C11H14N4O3. The topological polar surface area (TPSA) is 97.1 Å². The Hall–Kier alpha value is -2.18. The zero-order valence-corrected chi connectivity index (χ0v) is 9.96. The Labute approximate surface area is 104 Å². The van der Waals surface area contributed by atoms with Gasteiger partial charge in [0, 0.05) is 25.1 Å². The van der Waals surface area contributed by atoms with Crippen LogP contribution in [0.25, 0.3) is 0 Å². The van der Waals surface area contributed by atoms with Gasteiger partial charge in [0.15, 0.2) is 5.82 Å². The van der Waals surface area contributed by atoms with Crippen LogP contribution in [0.4, 0.5) is 0 Å². The van der Waals surface area contributed by atoms with Gasteiger partial charge in [-0.2, -0.15) is 0 Å². The number of aliphatic carboxylic acids is 1. The molecule has 1 aromatic rings. The summed E-state index contributed by atoms with van der Waals surface area (Å²) >= 11 is 0. The molecule has 18 heavy (non-hydrogen) atoms. The molecule has 0 radical (unpaired) electrons. The molecule has 0 aliphatic carbocycles. The van der Waals surface area contributed by atoms with Crippen LogP contribution < -0.4 is 5.32 Å². The summed E-state index contributed by atoms with van der Waals surface area (Å²) in [6, 6.07) is -0.296. The molecular weight excluding hydrogens is 236 g/mol. The predicted octanol–water partition coefficient (Wildman–Crippen LogP) is 0.0423. The molecule has 7 heteroatoms. The molecule has 0 spiro atoms. The highest BCUT2D eigenvalue weighted by Gasteiger charge is 2.21. The fourth-order valence-corrected chi connectivity index (χ4v) is 1.97. The van der Waals surface area contributed by atoms with Crippen LogP contribution in [0.15, 0.2) is 12.2 Å².